The molecule has 1 fully saturated rings. The second-order valence-corrected chi connectivity index (χ2v) is 8.92. The summed E-state index contributed by atoms with van der Waals surface area (Å²) >= 11 is 0. The highest BCUT2D eigenvalue weighted by Crippen LogP contribution is 2.35. The lowest BCUT2D eigenvalue weighted by Crippen LogP contribution is -2.33. The largest absolute Gasteiger partial charge is 0.446 e. The van der Waals surface area contributed by atoms with E-state index in [4.69, 9.17) is 9.88 Å². The van der Waals surface area contributed by atoms with E-state index in [1.54, 1.807) is 24.5 Å². The van der Waals surface area contributed by atoms with Crippen molar-refractivity contribution in [2.75, 3.05) is 5.32 Å². The van der Waals surface area contributed by atoms with Crippen LogP contribution in [0.2, 0.25) is 0 Å². The van der Waals surface area contributed by atoms with Crippen LogP contribution in [-0.2, 0) is 14.8 Å². The van der Waals surface area contributed by atoms with Crippen molar-refractivity contribution < 1.29 is 17.9 Å². The number of rotatable bonds is 6. The summed E-state index contributed by atoms with van der Waals surface area (Å²) in [7, 11) is -3.72. The fourth-order valence-electron chi connectivity index (χ4n) is 3.23. The van der Waals surface area contributed by atoms with Gasteiger partial charge in [-0.05, 0) is 57.4 Å². The second kappa shape index (κ2) is 8.75. The zero-order valence-corrected chi connectivity index (χ0v) is 17.1. The van der Waals surface area contributed by atoms with Crippen LogP contribution in [0.4, 0.5) is 16.3 Å². The first-order valence-electron chi connectivity index (χ1n) is 9.39. The molecule has 0 unspecified atom stereocenters. The Labute approximate surface area is 170 Å². The van der Waals surface area contributed by atoms with Crippen LogP contribution in [0.5, 0.6) is 0 Å². The van der Waals surface area contributed by atoms with Crippen molar-refractivity contribution in [3.63, 3.8) is 0 Å². The Morgan fingerprint density at radius 3 is 2.48 bits per heavy atom. The van der Waals surface area contributed by atoms with Crippen LogP contribution in [-0.4, -0.2) is 36.6 Å². The maximum absolute atomic E-state index is 11.7. The lowest BCUT2D eigenvalue weighted by molar-refractivity contribution is 0.0981. The highest BCUT2D eigenvalue weighted by molar-refractivity contribution is 7.89. The summed E-state index contributed by atoms with van der Waals surface area (Å²) in [5.74, 6) is 0.738. The van der Waals surface area contributed by atoms with Crippen LogP contribution in [0, 0.1) is 0 Å². The molecule has 2 aromatic rings. The van der Waals surface area contributed by atoms with Crippen molar-refractivity contribution in [1.29, 1.82) is 0 Å². The molecule has 156 valence electrons. The molecule has 1 heterocycles. The van der Waals surface area contributed by atoms with Crippen molar-refractivity contribution in [2.24, 2.45) is 5.14 Å². The molecule has 1 aromatic heterocycles. The van der Waals surface area contributed by atoms with Crippen LogP contribution >= 0.6 is 0 Å². The van der Waals surface area contributed by atoms with E-state index in [9.17, 15) is 13.2 Å². The minimum Gasteiger partial charge on any atom is -0.446 e. The van der Waals surface area contributed by atoms with Crippen molar-refractivity contribution >= 4 is 27.6 Å². The van der Waals surface area contributed by atoms with Crippen molar-refractivity contribution in [3.8, 4) is 0 Å². The number of carbonyl (C=O) groups excluding carboxylic acids is 1. The molecule has 3 rings (SSSR count). The SMILES string of the molecule is CC(C)NC(=O)O[C@@H]1CC[C@H](c2cnc(Nc3ccc(S(N)(=O)=O)cc3)cn2)C1. The Kier molecular flexibility index (Phi) is 6.33. The molecule has 1 aliphatic rings. The standard InChI is InChI=1S/C19H25N5O4S/c1-12(2)23-19(25)28-15-6-3-13(9-15)17-10-22-18(11-21-17)24-14-4-7-16(8-5-14)29(20,26)27/h4-5,7-8,10-13,15H,3,6,9H2,1-2H3,(H,22,24)(H,23,25)(H2,20,26,27)/t13-,15+/m0/s1. The number of carbonyl (C=O) groups is 1. The summed E-state index contributed by atoms with van der Waals surface area (Å²) in [6.45, 7) is 3.77. The fourth-order valence-corrected chi connectivity index (χ4v) is 3.74. The number of aromatic nitrogens is 2. The highest BCUT2D eigenvalue weighted by atomic mass is 32.2. The molecule has 0 spiro atoms. The first-order valence-corrected chi connectivity index (χ1v) is 10.9. The molecule has 1 aromatic carbocycles. The van der Waals surface area contributed by atoms with Gasteiger partial charge in [-0.25, -0.2) is 23.3 Å². The van der Waals surface area contributed by atoms with E-state index in [2.05, 4.69) is 20.6 Å². The molecule has 0 aliphatic heterocycles. The predicted molar refractivity (Wildman–Crippen MR) is 108 cm³/mol. The van der Waals surface area contributed by atoms with Gasteiger partial charge in [-0.15, -0.1) is 0 Å². The Balaban J connectivity index is 1.56. The molecule has 1 aliphatic carbocycles. The van der Waals surface area contributed by atoms with Crippen molar-refractivity contribution in [3.05, 3.63) is 42.4 Å². The number of amides is 1. The number of anilines is 2. The van der Waals surface area contributed by atoms with Gasteiger partial charge >= 0.3 is 6.09 Å². The summed E-state index contributed by atoms with van der Waals surface area (Å²) in [6, 6.07) is 6.11. The molecular formula is C19H25N5O4S. The molecular weight excluding hydrogens is 394 g/mol. The molecule has 9 nitrogen and oxygen atoms in total. The van der Waals surface area contributed by atoms with E-state index < -0.39 is 10.0 Å². The molecule has 0 saturated heterocycles. The average Bonchev–Trinajstić information content (AvgIpc) is 3.09. The second-order valence-electron chi connectivity index (χ2n) is 7.36. The molecule has 0 radical (unpaired) electrons. The average molecular weight is 420 g/mol. The number of alkyl carbamates (subject to hydrolysis) is 1. The molecule has 2 atom stereocenters. The molecule has 4 N–H and O–H groups in total. The van der Waals surface area contributed by atoms with Gasteiger partial charge in [-0.2, -0.15) is 0 Å². The first kappa shape index (κ1) is 21.0. The third-order valence-electron chi connectivity index (χ3n) is 4.61. The van der Waals surface area contributed by atoms with E-state index >= 15 is 0 Å². The monoisotopic (exact) mass is 419 g/mol. The van der Waals surface area contributed by atoms with Gasteiger partial charge in [-0.3, -0.25) is 4.98 Å². The summed E-state index contributed by atoms with van der Waals surface area (Å²) in [5, 5.41) is 10.9. The number of primary sulfonamides is 1. The topological polar surface area (TPSA) is 136 Å². The van der Waals surface area contributed by atoms with E-state index in [0.29, 0.717) is 11.5 Å². The third kappa shape index (κ3) is 5.88. The van der Waals surface area contributed by atoms with Crippen LogP contribution in [0.3, 0.4) is 0 Å². The lowest BCUT2D eigenvalue weighted by Gasteiger charge is -2.15. The lowest BCUT2D eigenvalue weighted by atomic mass is 10.0. The molecule has 1 saturated carbocycles. The maximum atomic E-state index is 11.7. The van der Waals surface area contributed by atoms with Gasteiger partial charge in [0.15, 0.2) is 0 Å². The number of ether oxygens (including phenoxy) is 1. The first-order chi connectivity index (χ1) is 13.7. The minimum absolute atomic E-state index is 0.0431. The zero-order valence-electron chi connectivity index (χ0n) is 16.3. The number of benzene rings is 1. The summed E-state index contributed by atoms with van der Waals surface area (Å²) in [6.07, 6.45) is 5.25. The van der Waals surface area contributed by atoms with Gasteiger partial charge in [-0.1, -0.05) is 0 Å². The molecule has 1 amide bonds. The summed E-state index contributed by atoms with van der Waals surface area (Å²) in [4.78, 5) is 20.6. The van der Waals surface area contributed by atoms with E-state index in [-0.39, 0.29) is 29.1 Å². The van der Waals surface area contributed by atoms with Gasteiger partial charge < -0.3 is 15.4 Å². The number of nitrogens with zero attached hydrogens (tertiary/aromatic N) is 2. The smallest absolute Gasteiger partial charge is 0.407 e. The van der Waals surface area contributed by atoms with E-state index in [1.165, 1.54) is 12.1 Å². The quantitative estimate of drug-likeness (QED) is 0.654. The molecule has 0 bridgehead atoms. The fraction of sp³-hybridized carbons (Fsp3) is 0.421. The van der Waals surface area contributed by atoms with Crippen molar-refractivity contribution in [2.45, 2.75) is 56.1 Å². The van der Waals surface area contributed by atoms with Crippen LogP contribution in [0.1, 0.15) is 44.7 Å². The van der Waals surface area contributed by atoms with Crippen LogP contribution in [0.15, 0.2) is 41.6 Å². The Hall–Kier alpha value is -2.72. The summed E-state index contributed by atoms with van der Waals surface area (Å²) in [5.41, 5.74) is 1.53. The highest BCUT2D eigenvalue weighted by Gasteiger charge is 2.29. The number of sulfonamides is 1. The van der Waals surface area contributed by atoms with Crippen LogP contribution < -0.4 is 15.8 Å². The van der Waals surface area contributed by atoms with Gasteiger partial charge in [0.05, 0.1) is 23.0 Å². The zero-order chi connectivity index (χ0) is 21.0. The van der Waals surface area contributed by atoms with Crippen LogP contribution in [0.25, 0.3) is 0 Å². The number of nitrogens with two attached hydrogens (primary N) is 1. The molecule has 10 heteroatoms. The van der Waals surface area contributed by atoms with E-state index in [0.717, 1.165) is 25.0 Å². The predicted octanol–water partition coefficient (Wildman–Crippen LogP) is 2.64. The Bertz CT molecular complexity index is 946. The third-order valence-corrected chi connectivity index (χ3v) is 5.54. The van der Waals surface area contributed by atoms with Gasteiger partial charge in [0.1, 0.15) is 11.9 Å². The number of hydrogen-bond donors (Lipinski definition) is 3. The normalized spacial score (nSPS) is 19.2. The Morgan fingerprint density at radius 2 is 1.90 bits per heavy atom. The summed E-state index contributed by atoms with van der Waals surface area (Å²) < 4.78 is 28.0. The van der Waals surface area contributed by atoms with Crippen molar-refractivity contribution in [1.82, 2.24) is 15.3 Å². The number of hydrogen-bond acceptors (Lipinski definition) is 7. The minimum atomic E-state index is -3.72. The molecule has 29 heavy (non-hydrogen) atoms. The Morgan fingerprint density at radius 1 is 1.17 bits per heavy atom. The van der Waals surface area contributed by atoms with Gasteiger partial charge in [0, 0.05) is 17.6 Å². The number of nitrogens with one attached hydrogen (secondary N) is 2. The maximum Gasteiger partial charge on any atom is 0.407 e. The van der Waals surface area contributed by atoms with E-state index in [1.807, 2.05) is 13.8 Å². The van der Waals surface area contributed by atoms with Gasteiger partial charge in [0.25, 0.3) is 0 Å². The van der Waals surface area contributed by atoms with Gasteiger partial charge in [0.2, 0.25) is 10.0 Å².